The minimum Gasteiger partial charge on any atom is -0.345 e. The SMILES string of the molecule is Cc1cc(-c2nn(C)c3cccc(C)c23)c2nc[nH]c2c1. The van der Waals surface area contributed by atoms with Crippen LogP contribution in [-0.4, -0.2) is 19.7 Å². The van der Waals surface area contributed by atoms with E-state index in [1.165, 1.54) is 16.5 Å². The Balaban J connectivity index is 2.16. The fourth-order valence-corrected chi connectivity index (χ4v) is 3.05. The van der Waals surface area contributed by atoms with E-state index in [-0.39, 0.29) is 0 Å². The minimum absolute atomic E-state index is 0.976. The number of rotatable bonds is 1. The van der Waals surface area contributed by atoms with E-state index in [0.29, 0.717) is 0 Å². The molecule has 4 nitrogen and oxygen atoms in total. The zero-order chi connectivity index (χ0) is 14.6. The summed E-state index contributed by atoms with van der Waals surface area (Å²) in [6, 6.07) is 10.6. The Morgan fingerprint density at radius 2 is 2.00 bits per heavy atom. The number of nitrogens with one attached hydrogen (secondary N) is 1. The van der Waals surface area contributed by atoms with Crippen LogP contribution >= 0.6 is 0 Å². The van der Waals surface area contributed by atoms with E-state index in [4.69, 9.17) is 5.10 Å². The molecule has 2 heterocycles. The molecular formula is C17H16N4. The van der Waals surface area contributed by atoms with Crippen LogP contribution in [0.3, 0.4) is 0 Å². The topological polar surface area (TPSA) is 46.5 Å². The summed E-state index contributed by atoms with van der Waals surface area (Å²) in [5.41, 5.74) is 7.71. The molecule has 0 saturated carbocycles. The smallest absolute Gasteiger partial charge is 0.103 e. The lowest BCUT2D eigenvalue weighted by Gasteiger charge is -2.03. The van der Waals surface area contributed by atoms with Crippen LogP contribution in [0.15, 0.2) is 36.7 Å². The number of imidazole rings is 1. The average Bonchev–Trinajstić information content (AvgIpc) is 3.04. The summed E-state index contributed by atoms with van der Waals surface area (Å²) in [7, 11) is 1.99. The zero-order valence-electron chi connectivity index (χ0n) is 12.3. The molecule has 0 spiro atoms. The van der Waals surface area contributed by atoms with Crippen LogP contribution < -0.4 is 0 Å². The average molecular weight is 276 g/mol. The second-order valence-electron chi connectivity index (χ2n) is 5.55. The van der Waals surface area contributed by atoms with Crippen molar-refractivity contribution in [3.8, 4) is 11.3 Å². The summed E-state index contributed by atoms with van der Waals surface area (Å²) < 4.78 is 1.94. The third kappa shape index (κ3) is 1.69. The van der Waals surface area contributed by atoms with E-state index < -0.39 is 0 Å². The molecule has 4 rings (SSSR count). The molecule has 1 N–H and O–H groups in total. The molecule has 2 aromatic heterocycles. The van der Waals surface area contributed by atoms with Crippen molar-refractivity contribution < 1.29 is 0 Å². The van der Waals surface area contributed by atoms with Gasteiger partial charge in [-0.05, 0) is 43.2 Å². The molecule has 4 heteroatoms. The first-order valence-corrected chi connectivity index (χ1v) is 7.01. The maximum absolute atomic E-state index is 4.75. The van der Waals surface area contributed by atoms with E-state index in [1.54, 1.807) is 6.33 Å². The normalized spacial score (nSPS) is 11.6. The second kappa shape index (κ2) is 4.19. The summed E-state index contributed by atoms with van der Waals surface area (Å²) in [6.45, 7) is 4.23. The maximum Gasteiger partial charge on any atom is 0.103 e. The van der Waals surface area contributed by atoms with Gasteiger partial charge in [0.2, 0.25) is 0 Å². The van der Waals surface area contributed by atoms with E-state index >= 15 is 0 Å². The number of aromatic nitrogens is 4. The molecule has 0 radical (unpaired) electrons. The number of aryl methyl sites for hydroxylation is 3. The lowest BCUT2D eigenvalue weighted by molar-refractivity contribution is 0.801. The predicted molar refractivity (Wildman–Crippen MR) is 85.3 cm³/mol. The summed E-state index contributed by atoms with van der Waals surface area (Å²) in [5, 5.41) is 5.96. The largest absolute Gasteiger partial charge is 0.345 e. The van der Waals surface area contributed by atoms with E-state index in [1.807, 2.05) is 11.7 Å². The first-order valence-electron chi connectivity index (χ1n) is 7.01. The van der Waals surface area contributed by atoms with Crippen molar-refractivity contribution in [3.05, 3.63) is 47.8 Å². The number of nitrogens with zero attached hydrogens (tertiary/aromatic N) is 3. The number of H-pyrrole nitrogens is 1. The Labute approximate surface area is 122 Å². The van der Waals surface area contributed by atoms with Crippen LogP contribution in [0, 0.1) is 13.8 Å². The van der Waals surface area contributed by atoms with Gasteiger partial charge in [-0.25, -0.2) is 4.98 Å². The van der Waals surface area contributed by atoms with Gasteiger partial charge in [-0.1, -0.05) is 12.1 Å². The van der Waals surface area contributed by atoms with Gasteiger partial charge in [0, 0.05) is 18.0 Å². The van der Waals surface area contributed by atoms with Crippen LogP contribution in [-0.2, 0) is 7.05 Å². The quantitative estimate of drug-likeness (QED) is 0.575. The third-order valence-electron chi connectivity index (χ3n) is 4.01. The summed E-state index contributed by atoms with van der Waals surface area (Å²) in [5.74, 6) is 0. The second-order valence-corrected chi connectivity index (χ2v) is 5.55. The van der Waals surface area contributed by atoms with Gasteiger partial charge in [-0.2, -0.15) is 5.10 Å². The summed E-state index contributed by atoms with van der Waals surface area (Å²) in [4.78, 5) is 7.67. The Bertz CT molecular complexity index is 975. The highest BCUT2D eigenvalue weighted by Crippen LogP contribution is 2.34. The molecule has 0 fully saturated rings. The van der Waals surface area contributed by atoms with Gasteiger partial charge in [-0.15, -0.1) is 0 Å². The number of fused-ring (bicyclic) bond motifs is 2. The van der Waals surface area contributed by atoms with Crippen LogP contribution in [0.25, 0.3) is 33.2 Å². The lowest BCUT2D eigenvalue weighted by atomic mass is 10.0. The summed E-state index contributed by atoms with van der Waals surface area (Å²) in [6.07, 6.45) is 1.74. The first kappa shape index (κ1) is 12.1. The van der Waals surface area contributed by atoms with Crippen LogP contribution in [0.4, 0.5) is 0 Å². The predicted octanol–water partition coefficient (Wildman–Crippen LogP) is 3.73. The monoisotopic (exact) mass is 276 g/mol. The molecule has 0 bridgehead atoms. The first-order chi connectivity index (χ1) is 10.1. The molecule has 0 aliphatic heterocycles. The number of aromatic amines is 1. The fraction of sp³-hybridized carbons (Fsp3) is 0.176. The third-order valence-corrected chi connectivity index (χ3v) is 4.01. The Morgan fingerprint density at radius 3 is 2.86 bits per heavy atom. The van der Waals surface area contributed by atoms with E-state index in [0.717, 1.165) is 27.8 Å². The zero-order valence-corrected chi connectivity index (χ0v) is 12.3. The molecule has 2 aromatic carbocycles. The molecule has 0 unspecified atom stereocenters. The molecule has 0 aliphatic rings. The lowest BCUT2D eigenvalue weighted by Crippen LogP contribution is -1.90. The molecule has 0 amide bonds. The molecule has 21 heavy (non-hydrogen) atoms. The van der Waals surface area contributed by atoms with Gasteiger partial charge in [0.15, 0.2) is 0 Å². The highest BCUT2D eigenvalue weighted by atomic mass is 15.3. The Morgan fingerprint density at radius 1 is 1.14 bits per heavy atom. The highest BCUT2D eigenvalue weighted by molar-refractivity contribution is 6.02. The van der Waals surface area contributed by atoms with Crippen molar-refractivity contribution in [2.24, 2.45) is 7.05 Å². The van der Waals surface area contributed by atoms with Gasteiger partial charge in [0.05, 0.1) is 22.9 Å². The highest BCUT2D eigenvalue weighted by Gasteiger charge is 2.16. The molecule has 4 aromatic rings. The van der Waals surface area contributed by atoms with Crippen molar-refractivity contribution >= 4 is 21.9 Å². The standard InChI is InChI=1S/C17H16N4/c1-10-7-12(16-13(8-10)18-9-19-16)17-15-11(2)5-4-6-14(15)21(3)20-17/h4-9H,1-3H3,(H,18,19). The van der Waals surface area contributed by atoms with Gasteiger partial charge in [-0.3, -0.25) is 4.68 Å². The minimum atomic E-state index is 0.976. The van der Waals surface area contributed by atoms with Crippen molar-refractivity contribution in [3.63, 3.8) is 0 Å². The molecule has 104 valence electrons. The van der Waals surface area contributed by atoms with Gasteiger partial charge in [0.1, 0.15) is 5.69 Å². The molecule has 0 saturated heterocycles. The van der Waals surface area contributed by atoms with E-state index in [9.17, 15) is 0 Å². The molecule has 0 aliphatic carbocycles. The number of hydrogen-bond donors (Lipinski definition) is 1. The fourth-order valence-electron chi connectivity index (χ4n) is 3.05. The van der Waals surface area contributed by atoms with Crippen LogP contribution in [0.2, 0.25) is 0 Å². The molecular weight excluding hydrogens is 260 g/mol. The van der Waals surface area contributed by atoms with Crippen LogP contribution in [0.5, 0.6) is 0 Å². The van der Waals surface area contributed by atoms with Gasteiger partial charge >= 0.3 is 0 Å². The number of hydrogen-bond acceptors (Lipinski definition) is 2. The van der Waals surface area contributed by atoms with Crippen LogP contribution in [0.1, 0.15) is 11.1 Å². The molecule has 0 atom stereocenters. The van der Waals surface area contributed by atoms with Crippen molar-refractivity contribution in [1.82, 2.24) is 19.7 Å². The van der Waals surface area contributed by atoms with Gasteiger partial charge < -0.3 is 4.98 Å². The van der Waals surface area contributed by atoms with Gasteiger partial charge in [0.25, 0.3) is 0 Å². The Hall–Kier alpha value is -2.62. The van der Waals surface area contributed by atoms with Crippen molar-refractivity contribution in [2.75, 3.05) is 0 Å². The number of benzene rings is 2. The van der Waals surface area contributed by atoms with E-state index in [2.05, 4.69) is 54.1 Å². The maximum atomic E-state index is 4.75. The van der Waals surface area contributed by atoms with Crippen molar-refractivity contribution in [2.45, 2.75) is 13.8 Å². The van der Waals surface area contributed by atoms with Crippen molar-refractivity contribution in [1.29, 1.82) is 0 Å². The Kier molecular flexibility index (Phi) is 2.42. The summed E-state index contributed by atoms with van der Waals surface area (Å²) >= 11 is 0.